The molecule has 0 saturated carbocycles. The molecule has 18 heavy (non-hydrogen) atoms. The van der Waals surface area contributed by atoms with E-state index in [4.69, 9.17) is 5.84 Å². The summed E-state index contributed by atoms with van der Waals surface area (Å²) in [4.78, 5) is 17.3. The minimum atomic E-state index is -0.107. The summed E-state index contributed by atoms with van der Waals surface area (Å²) in [7, 11) is 2.08. The van der Waals surface area contributed by atoms with Crippen molar-refractivity contribution in [1.82, 2.24) is 15.3 Å². The topological polar surface area (TPSA) is 71.2 Å². The molecule has 0 aliphatic rings. The quantitative estimate of drug-likeness (QED) is 0.425. The van der Waals surface area contributed by atoms with Gasteiger partial charge in [0.25, 0.3) is 0 Å². The highest BCUT2D eigenvalue weighted by Crippen LogP contribution is 2.06. The lowest BCUT2D eigenvalue weighted by Crippen LogP contribution is -2.34. The highest BCUT2D eigenvalue weighted by Gasteiger charge is 2.10. The molecule has 5 heteroatoms. The first-order chi connectivity index (χ1) is 8.63. The third-order valence-corrected chi connectivity index (χ3v) is 3.21. The molecule has 1 amide bonds. The molecule has 0 radical (unpaired) electrons. The molecule has 5 nitrogen and oxygen atoms in total. The molecule has 0 spiro atoms. The largest absolute Gasteiger partial charge is 0.303 e. The van der Waals surface area contributed by atoms with Crippen LogP contribution in [0.2, 0.25) is 0 Å². The van der Waals surface area contributed by atoms with Crippen molar-refractivity contribution < 1.29 is 4.79 Å². The van der Waals surface area contributed by atoms with Gasteiger partial charge in [-0.2, -0.15) is 0 Å². The molecular weight excluding hydrogens is 228 g/mol. The Morgan fingerprint density at radius 3 is 2.78 bits per heavy atom. The molecule has 0 aliphatic carbocycles. The highest BCUT2D eigenvalue weighted by molar-refractivity contribution is 5.75. The number of hydrogen-bond donors (Lipinski definition) is 2. The third-order valence-electron chi connectivity index (χ3n) is 3.21. The van der Waals surface area contributed by atoms with Crippen molar-refractivity contribution in [3.05, 3.63) is 30.1 Å². The number of rotatable bonds is 7. The monoisotopic (exact) mass is 250 g/mol. The van der Waals surface area contributed by atoms with E-state index >= 15 is 0 Å². The van der Waals surface area contributed by atoms with E-state index in [2.05, 4.69) is 29.3 Å². The molecule has 1 heterocycles. The number of likely N-dealkylation sites (N-methyl/N-ethyl adjacent to an activating group) is 1. The fourth-order valence-corrected chi connectivity index (χ4v) is 1.71. The molecule has 0 fully saturated rings. The summed E-state index contributed by atoms with van der Waals surface area (Å²) in [6, 6.07) is 4.42. The van der Waals surface area contributed by atoms with E-state index in [-0.39, 0.29) is 5.91 Å². The molecule has 0 aliphatic heterocycles. The molecule has 0 saturated heterocycles. The van der Waals surface area contributed by atoms with Gasteiger partial charge < -0.3 is 4.90 Å². The number of hydrazine groups is 1. The maximum absolute atomic E-state index is 11.1. The van der Waals surface area contributed by atoms with Crippen molar-refractivity contribution in [2.24, 2.45) is 5.84 Å². The number of pyridine rings is 1. The number of nitrogens with zero attached hydrogens (tertiary/aromatic N) is 2. The normalized spacial score (nSPS) is 12.4. The van der Waals surface area contributed by atoms with Crippen LogP contribution in [0.1, 0.15) is 25.3 Å². The highest BCUT2D eigenvalue weighted by atomic mass is 16.2. The Bertz CT molecular complexity index is 355. The Hall–Kier alpha value is -1.46. The maximum Gasteiger partial charge on any atom is 0.233 e. The van der Waals surface area contributed by atoms with Crippen LogP contribution in [0.15, 0.2) is 24.5 Å². The number of hydrogen-bond acceptors (Lipinski definition) is 4. The van der Waals surface area contributed by atoms with E-state index in [0.29, 0.717) is 12.5 Å². The van der Waals surface area contributed by atoms with Crippen molar-refractivity contribution in [2.75, 3.05) is 13.6 Å². The van der Waals surface area contributed by atoms with Crippen LogP contribution in [0.4, 0.5) is 0 Å². The Balaban J connectivity index is 2.27. The molecule has 1 aromatic rings. The van der Waals surface area contributed by atoms with Crippen molar-refractivity contribution in [3.63, 3.8) is 0 Å². The molecule has 1 atom stereocenters. The minimum Gasteiger partial charge on any atom is -0.303 e. The average Bonchev–Trinajstić information content (AvgIpc) is 2.42. The lowest BCUT2D eigenvalue weighted by molar-refractivity contribution is -0.121. The average molecular weight is 250 g/mol. The van der Waals surface area contributed by atoms with Gasteiger partial charge in [0, 0.05) is 31.4 Å². The van der Waals surface area contributed by atoms with Gasteiger partial charge in [0.1, 0.15) is 0 Å². The van der Waals surface area contributed by atoms with Crippen LogP contribution >= 0.6 is 0 Å². The van der Waals surface area contributed by atoms with Gasteiger partial charge in [-0.05, 0) is 44.5 Å². The van der Waals surface area contributed by atoms with Gasteiger partial charge in [-0.15, -0.1) is 0 Å². The van der Waals surface area contributed by atoms with E-state index in [9.17, 15) is 4.79 Å². The summed E-state index contributed by atoms with van der Waals surface area (Å²) >= 11 is 0. The molecule has 3 N–H and O–H groups in total. The smallest absolute Gasteiger partial charge is 0.233 e. The first-order valence-electron chi connectivity index (χ1n) is 6.22. The van der Waals surface area contributed by atoms with Crippen molar-refractivity contribution in [3.8, 4) is 0 Å². The molecule has 0 aromatic carbocycles. The van der Waals surface area contributed by atoms with Crippen molar-refractivity contribution >= 4 is 5.91 Å². The molecule has 1 aromatic heterocycles. The zero-order valence-corrected chi connectivity index (χ0v) is 11.1. The van der Waals surface area contributed by atoms with Gasteiger partial charge in [0.2, 0.25) is 5.91 Å². The number of nitrogens with two attached hydrogens (primary N) is 1. The van der Waals surface area contributed by atoms with Gasteiger partial charge in [0.05, 0.1) is 0 Å². The number of aromatic nitrogens is 1. The SMILES string of the molecule is CC(CCC(=O)NN)N(C)CCc1ccncc1. The molecular formula is C13H22N4O. The fourth-order valence-electron chi connectivity index (χ4n) is 1.71. The molecule has 1 unspecified atom stereocenters. The second-order valence-corrected chi connectivity index (χ2v) is 4.54. The number of amides is 1. The van der Waals surface area contributed by atoms with Crippen LogP contribution in [0, 0.1) is 0 Å². The molecule has 1 rings (SSSR count). The van der Waals surface area contributed by atoms with Gasteiger partial charge in [-0.3, -0.25) is 15.2 Å². The lowest BCUT2D eigenvalue weighted by atomic mass is 10.1. The summed E-state index contributed by atoms with van der Waals surface area (Å²) in [5, 5.41) is 0. The molecule has 100 valence electrons. The van der Waals surface area contributed by atoms with Crippen LogP contribution in [-0.4, -0.2) is 35.4 Å². The predicted molar refractivity (Wildman–Crippen MR) is 71.6 cm³/mol. The molecule has 0 bridgehead atoms. The van der Waals surface area contributed by atoms with Gasteiger partial charge in [0.15, 0.2) is 0 Å². The van der Waals surface area contributed by atoms with Crippen molar-refractivity contribution in [1.29, 1.82) is 0 Å². The third kappa shape index (κ3) is 5.25. The predicted octanol–water partition coefficient (Wildman–Crippen LogP) is 0.715. The van der Waals surface area contributed by atoms with Crippen molar-refractivity contribution in [2.45, 2.75) is 32.2 Å². The van der Waals surface area contributed by atoms with Gasteiger partial charge >= 0.3 is 0 Å². The van der Waals surface area contributed by atoms with E-state index in [1.54, 1.807) is 0 Å². The Morgan fingerprint density at radius 1 is 1.50 bits per heavy atom. The number of carbonyl (C=O) groups is 1. The van der Waals surface area contributed by atoms with Gasteiger partial charge in [-0.25, -0.2) is 5.84 Å². The van der Waals surface area contributed by atoms with Crippen LogP contribution in [0.3, 0.4) is 0 Å². The van der Waals surface area contributed by atoms with Crippen LogP contribution in [-0.2, 0) is 11.2 Å². The maximum atomic E-state index is 11.1. The fraction of sp³-hybridized carbons (Fsp3) is 0.538. The minimum absolute atomic E-state index is 0.107. The summed E-state index contributed by atoms with van der Waals surface area (Å²) < 4.78 is 0. The zero-order chi connectivity index (χ0) is 13.4. The first kappa shape index (κ1) is 14.6. The second-order valence-electron chi connectivity index (χ2n) is 4.54. The Labute approximate surface area is 108 Å². The Kier molecular flexibility index (Phi) is 6.32. The second kappa shape index (κ2) is 7.79. The summed E-state index contributed by atoms with van der Waals surface area (Å²) in [5.41, 5.74) is 3.43. The number of nitrogens with one attached hydrogen (secondary N) is 1. The van der Waals surface area contributed by atoms with Gasteiger partial charge in [-0.1, -0.05) is 0 Å². The summed E-state index contributed by atoms with van der Waals surface area (Å²) in [6.07, 6.45) is 5.90. The number of carbonyl (C=O) groups excluding carboxylic acids is 1. The van der Waals surface area contributed by atoms with Crippen LogP contribution in [0.5, 0.6) is 0 Å². The summed E-state index contributed by atoms with van der Waals surface area (Å²) in [5.74, 6) is 4.94. The Morgan fingerprint density at radius 2 is 2.17 bits per heavy atom. The van der Waals surface area contributed by atoms with Crippen LogP contribution < -0.4 is 11.3 Å². The van der Waals surface area contributed by atoms with E-state index < -0.39 is 0 Å². The summed E-state index contributed by atoms with van der Waals surface area (Å²) in [6.45, 7) is 3.09. The first-order valence-corrected chi connectivity index (χ1v) is 6.22. The van der Waals surface area contributed by atoms with E-state index in [1.807, 2.05) is 24.5 Å². The zero-order valence-electron chi connectivity index (χ0n) is 11.1. The standard InChI is InChI=1S/C13H22N4O/c1-11(3-4-13(18)16-14)17(2)10-7-12-5-8-15-9-6-12/h5-6,8-9,11H,3-4,7,10,14H2,1-2H3,(H,16,18). The van der Waals surface area contributed by atoms with E-state index in [0.717, 1.165) is 19.4 Å². The van der Waals surface area contributed by atoms with E-state index in [1.165, 1.54) is 5.56 Å². The van der Waals surface area contributed by atoms with Crippen LogP contribution in [0.25, 0.3) is 0 Å². The lowest BCUT2D eigenvalue weighted by Gasteiger charge is -2.24.